The van der Waals surface area contributed by atoms with E-state index in [1.54, 1.807) is 12.1 Å². The molecule has 3 aromatic rings. The molecule has 0 unspecified atom stereocenters. The summed E-state index contributed by atoms with van der Waals surface area (Å²) in [4.78, 5) is 10.5. The zero-order valence-electron chi connectivity index (χ0n) is 16.0. The van der Waals surface area contributed by atoms with E-state index in [9.17, 15) is 8.42 Å². The smallest absolute Gasteiger partial charge is 0.257 e. The molecule has 0 saturated carbocycles. The Labute approximate surface area is 169 Å². The molecule has 9 nitrogen and oxygen atoms in total. The van der Waals surface area contributed by atoms with Gasteiger partial charge in [0, 0.05) is 0 Å². The summed E-state index contributed by atoms with van der Waals surface area (Å²) >= 11 is 0. The van der Waals surface area contributed by atoms with Gasteiger partial charge in [0.2, 0.25) is 0 Å². The molecule has 0 atom stereocenters. The van der Waals surface area contributed by atoms with E-state index in [2.05, 4.69) is 25.5 Å². The van der Waals surface area contributed by atoms with Crippen LogP contribution in [0.2, 0.25) is 0 Å². The molecule has 0 bridgehead atoms. The molecular weight excluding hydrogens is 392 g/mol. The Morgan fingerprint density at radius 2 is 1.72 bits per heavy atom. The molecule has 10 heteroatoms. The number of hydrazine groups is 1. The van der Waals surface area contributed by atoms with Gasteiger partial charge in [-0.3, -0.25) is 5.43 Å². The Bertz CT molecular complexity index is 1090. The molecule has 29 heavy (non-hydrogen) atoms. The number of nitrogen functional groups attached to an aromatic ring is 1. The first-order chi connectivity index (χ1) is 13.9. The van der Waals surface area contributed by atoms with Crippen molar-refractivity contribution in [2.75, 3.05) is 23.1 Å². The van der Waals surface area contributed by atoms with Crippen LogP contribution in [0.5, 0.6) is 5.75 Å². The van der Waals surface area contributed by atoms with Crippen molar-refractivity contribution < 1.29 is 13.2 Å². The van der Waals surface area contributed by atoms with Crippen molar-refractivity contribution in [2.24, 2.45) is 0 Å². The van der Waals surface area contributed by atoms with Gasteiger partial charge in [0.15, 0.2) is 11.6 Å². The van der Waals surface area contributed by atoms with Gasteiger partial charge >= 0.3 is 0 Å². The van der Waals surface area contributed by atoms with Crippen LogP contribution in [0.15, 0.2) is 59.8 Å². The summed E-state index contributed by atoms with van der Waals surface area (Å²) in [6.45, 7) is 4.27. The average Bonchev–Trinajstić information content (AvgIpc) is 2.70. The Morgan fingerprint density at radius 3 is 2.45 bits per heavy atom. The molecule has 0 aliphatic rings. The highest BCUT2D eigenvalue weighted by molar-refractivity contribution is 7.89. The van der Waals surface area contributed by atoms with E-state index in [4.69, 9.17) is 10.5 Å². The van der Waals surface area contributed by atoms with Crippen LogP contribution in [0.25, 0.3) is 0 Å². The zero-order chi connectivity index (χ0) is 20.9. The molecule has 3 rings (SSSR count). The number of hydrogen-bond donors (Lipinski definition) is 4. The van der Waals surface area contributed by atoms with Crippen LogP contribution >= 0.6 is 0 Å². The van der Waals surface area contributed by atoms with Gasteiger partial charge in [-0.15, -0.1) is 4.83 Å². The first kappa shape index (κ1) is 20.4. The lowest BCUT2D eigenvalue weighted by Gasteiger charge is -2.15. The topological polar surface area (TPSA) is 131 Å². The van der Waals surface area contributed by atoms with Crippen LogP contribution in [0, 0.1) is 6.92 Å². The van der Waals surface area contributed by atoms with E-state index in [1.165, 1.54) is 18.5 Å². The number of para-hydroxylation sites is 2. The second-order valence-electron chi connectivity index (χ2n) is 6.08. The predicted molar refractivity (Wildman–Crippen MR) is 112 cm³/mol. The number of nitrogens with zero attached hydrogens (tertiary/aromatic N) is 2. The van der Waals surface area contributed by atoms with E-state index < -0.39 is 10.0 Å². The monoisotopic (exact) mass is 414 g/mol. The van der Waals surface area contributed by atoms with E-state index in [1.807, 2.05) is 38.1 Å². The lowest BCUT2D eigenvalue weighted by molar-refractivity contribution is 0.342. The average molecular weight is 414 g/mol. The van der Waals surface area contributed by atoms with Crippen LogP contribution < -0.4 is 26.0 Å². The van der Waals surface area contributed by atoms with Gasteiger partial charge in [-0.1, -0.05) is 29.8 Å². The fraction of sp³-hybridized carbons (Fsp3) is 0.158. The highest BCUT2D eigenvalue weighted by atomic mass is 32.2. The summed E-state index contributed by atoms with van der Waals surface area (Å²) in [6.07, 6.45) is 1.27. The van der Waals surface area contributed by atoms with E-state index in [0.29, 0.717) is 23.9 Å². The van der Waals surface area contributed by atoms with Crippen LogP contribution in [-0.2, 0) is 10.0 Å². The molecule has 0 radical (unpaired) electrons. The van der Waals surface area contributed by atoms with Crippen LogP contribution in [0.1, 0.15) is 12.5 Å². The van der Waals surface area contributed by atoms with Crippen molar-refractivity contribution in [2.45, 2.75) is 18.7 Å². The fourth-order valence-corrected chi connectivity index (χ4v) is 3.31. The minimum absolute atomic E-state index is 0.118. The summed E-state index contributed by atoms with van der Waals surface area (Å²) < 4.78 is 30.4. The maximum Gasteiger partial charge on any atom is 0.257 e. The number of sulfonamides is 1. The van der Waals surface area contributed by atoms with Crippen LogP contribution in [-0.4, -0.2) is 25.0 Å². The molecular formula is C19H22N6O3S. The highest BCUT2D eigenvalue weighted by Gasteiger charge is 2.16. The zero-order valence-corrected chi connectivity index (χ0v) is 16.8. The SMILES string of the molecule is CCOc1ccccc1Nc1ncnc(NNS(=O)(=O)c2ccc(C)cc2)c1N. The fourth-order valence-electron chi connectivity index (χ4n) is 2.47. The van der Waals surface area contributed by atoms with Gasteiger partial charge < -0.3 is 15.8 Å². The highest BCUT2D eigenvalue weighted by Crippen LogP contribution is 2.30. The lowest BCUT2D eigenvalue weighted by Crippen LogP contribution is -2.30. The van der Waals surface area contributed by atoms with Gasteiger partial charge in [0.05, 0.1) is 17.2 Å². The first-order valence-corrected chi connectivity index (χ1v) is 10.3. The molecule has 1 heterocycles. The lowest BCUT2D eigenvalue weighted by atomic mass is 10.2. The Balaban J connectivity index is 1.78. The van der Waals surface area contributed by atoms with Gasteiger partial charge in [-0.2, -0.15) is 0 Å². The molecule has 0 aliphatic carbocycles. The number of ether oxygens (including phenoxy) is 1. The molecule has 0 amide bonds. The van der Waals surface area contributed by atoms with E-state index in [-0.39, 0.29) is 16.4 Å². The van der Waals surface area contributed by atoms with Crippen molar-refractivity contribution >= 4 is 33.0 Å². The van der Waals surface area contributed by atoms with Crippen LogP contribution in [0.3, 0.4) is 0 Å². The molecule has 1 aromatic heterocycles. The quantitative estimate of drug-likeness (QED) is 0.414. The summed E-state index contributed by atoms with van der Waals surface area (Å²) in [5, 5.41) is 3.08. The minimum atomic E-state index is -3.80. The molecule has 0 spiro atoms. The predicted octanol–water partition coefficient (Wildman–Crippen LogP) is 2.81. The summed E-state index contributed by atoms with van der Waals surface area (Å²) in [6, 6.07) is 13.8. The summed E-state index contributed by atoms with van der Waals surface area (Å²) in [5.41, 5.74) is 10.4. The maximum atomic E-state index is 12.4. The van der Waals surface area contributed by atoms with Crippen molar-refractivity contribution in [1.82, 2.24) is 14.8 Å². The number of nitrogens with two attached hydrogens (primary N) is 1. The second-order valence-corrected chi connectivity index (χ2v) is 7.76. The summed E-state index contributed by atoms with van der Waals surface area (Å²) in [5.74, 6) is 1.07. The van der Waals surface area contributed by atoms with Crippen molar-refractivity contribution in [3.05, 3.63) is 60.4 Å². The molecule has 0 fully saturated rings. The number of aromatic nitrogens is 2. The molecule has 0 aliphatic heterocycles. The molecule has 5 N–H and O–H groups in total. The Hall–Kier alpha value is -3.37. The molecule has 0 saturated heterocycles. The van der Waals surface area contributed by atoms with Gasteiger partial charge in [-0.05, 0) is 38.1 Å². The van der Waals surface area contributed by atoms with Crippen molar-refractivity contribution in [3.8, 4) is 5.75 Å². The van der Waals surface area contributed by atoms with Crippen molar-refractivity contribution in [1.29, 1.82) is 0 Å². The Kier molecular flexibility index (Phi) is 6.15. The van der Waals surface area contributed by atoms with E-state index >= 15 is 0 Å². The number of rotatable bonds is 8. The molecule has 2 aromatic carbocycles. The number of nitrogens with one attached hydrogen (secondary N) is 3. The van der Waals surface area contributed by atoms with Crippen molar-refractivity contribution in [3.63, 3.8) is 0 Å². The third-order valence-electron chi connectivity index (χ3n) is 3.96. The number of aryl methyl sites for hydroxylation is 1. The van der Waals surface area contributed by atoms with E-state index in [0.717, 1.165) is 5.56 Å². The number of hydrogen-bond acceptors (Lipinski definition) is 8. The maximum absolute atomic E-state index is 12.4. The summed E-state index contributed by atoms with van der Waals surface area (Å²) in [7, 11) is -3.80. The minimum Gasteiger partial charge on any atom is -0.492 e. The third-order valence-corrected chi connectivity index (χ3v) is 5.22. The first-order valence-electron chi connectivity index (χ1n) is 8.84. The normalized spacial score (nSPS) is 11.1. The molecule has 152 valence electrons. The Morgan fingerprint density at radius 1 is 1.03 bits per heavy atom. The van der Waals surface area contributed by atoms with Gasteiger partial charge in [0.25, 0.3) is 10.0 Å². The number of anilines is 4. The largest absolute Gasteiger partial charge is 0.492 e. The standard InChI is InChI=1S/C19H22N6O3S/c1-3-28-16-7-5-4-6-15(16)23-18-17(20)19(22-12-21-18)24-25-29(26,27)14-10-8-13(2)9-11-14/h4-12,25H,3,20H2,1-2H3,(H2,21,22,23,24). The third kappa shape index (κ3) is 4.92. The number of benzene rings is 2. The van der Waals surface area contributed by atoms with Crippen LogP contribution in [0.4, 0.5) is 23.0 Å². The van der Waals surface area contributed by atoms with Gasteiger partial charge in [0.1, 0.15) is 17.8 Å². The van der Waals surface area contributed by atoms with Gasteiger partial charge in [-0.25, -0.2) is 18.4 Å². The second kappa shape index (κ2) is 8.76.